The first-order valence-corrected chi connectivity index (χ1v) is 10.4. The number of amides is 1. The molecule has 3 aromatic heterocycles. The molecule has 27 heavy (non-hydrogen) atoms. The molecular formula is C18H13FN4OS3. The molecule has 0 aliphatic heterocycles. The minimum Gasteiger partial charge on any atom is -0.369 e. The summed E-state index contributed by atoms with van der Waals surface area (Å²) in [5, 5.41) is 3.70. The Morgan fingerprint density at radius 3 is 2.78 bits per heavy atom. The van der Waals surface area contributed by atoms with E-state index in [0.717, 1.165) is 41.3 Å². The summed E-state index contributed by atoms with van der Waals surface area (Å²) in [6.45, 7) is 1.86. The van der Waals surface area contributed by atoms with Gasteiger partial charge in [0.2, 0.25) is 5.91 Å². The Labute approximate surface area is 166 Å². The molecule has 5 nitrogen and oxygen atoms in total. The fourth-order valence-electron chi connectivity index (χ4n) is 2.62. The Hall–Kier alpha value is -2.36. The highest BCUT2D eigenvalue weighted by Crippen LogP contribution is 2.41. The van der Waals surface area contributed by atoms with E-state index in [9.17, 15) is 9.18 Å². The van der Waals surface area contributed by atoms with Crippen molar-refractivity contribution < 1.29 is 9.18 Å². The molecule has 0 spiro atoms. The van der Waals surface area contributed by atoms with E-state index in [0.29, 0.717) is 0 Å². The van der Waals surface area contributed by atoms with Gasteiger partial charge in [0, 0.05) is 15.8 Å². The zero-order valence-electron chi connectivity index (χ0n) is 14.1. The number of aryl methyl sites for hydroxylation is 1. The van der Waals surface area contributed by atoms with Crippen molar-refractivity contribution in [3.63, 3.8) is 0 Å². The molecule has 2 N–H and O–H groups in total. The summed E-state index contributed by atoms with van der Waals surface area (Å²) in [5.74, 6) is -0.650. The van der Waals surface area contributed by atoms with Gasteiger partial charge in [0.25, 0.3) is 0 Å². The topological polar surface area (TPSA) is 81.8 Å². The van der Waals surface area contributed by atoms with Crippen molar-refractivity contribution in [2.45, 2.75) is 22.7 Å². The maximum Gasteiger partial charge on any atom is 0.222 e. The number of carbonyl (C=O) groups is 1. The quantitative estimate of drug-likeness (QED) is 0.486. The van der Waals surface area contributed by atoms with Gasteiger partial charge in [0.05, 0.1) is 17.5 Å². The molecule has 0 radical (unpaired) electrons. The molecule has 0 saturated carbocycles. The molecule has 0 saturated heterocycles. The lowest BCUT2D eigenvalue weighted by Gasteiger charge is -2.03. The van der Waals surface area contributed by atoms with Gasteiger partial charge < -0.3 is 5.73 Å². The molecule has 0 fully saturated rings. The minimum atomic E-state index is -0.376. The molecule has 0 aliphatic carbocycles. The Morgan fingerprint density at radius 1 is 1.26 bits per heavy atom. The number of aromatic nitrogens is 3. The van der Waals surface area contributed by atoms with E-state index in [-0.39, 0.29) is 18.1 Å². The molecule has 0 unspecified atom stereocenters. The summed E-state index contributed by atoms with van der Waals surface area (Å²) in [4.78, 5) is 26.2. The molecule has 0 bridgehead atoms. The first-order valence-electron chi connectivity index (χ1n) is 7.92. The van der Waals surface area contributed by atoms with Crippen LogP contribution in [0.15, 0.2) is 45.3 Å². The number of hydrogen-bond donors (Lipinski definition) is 1. The summed E-state index contributed by atoms with van der Waals surface area (Å²) >= 11 is 4.39. The predicted octanol–water partition coefficient (Wildman–Crippen LogP) is 4.44. The maximum absolute atomic E-state index is 13.3. The van der Waals surface area contributed by atoms with Gasteiger partial charge in [0.15, 0.2) is 4.34 Å². The third-order valence-corrected chi connectivity index (χ3v) is 6.99. The van der Waals surface area contributed by atoms with Crippen LogP contribution in [0.4, 0.5) is 4.39 Å². The highest BCUT2D eigenvalue weighted by atomic mass is 32.2. The van der Waals surface area contributed by atoms with Crippen LogP contribution < -0.4 is 5.73 Å². The molecular weight excluding hydrogens is 403 g/mol. The second kappa shape index (κ2) is 7.34. The Kier molecular flexibility index (Phi) is 4.90. The molecule has 4 rings (SSSR count). The van der Waals surface area contributed by atoms with Crippen LogP contribution in [0.3, 0.4) is 0 Å². The van der Waals surface area contributed by atoms with Crippen molar-refractivity contribution >= 4 is 50.6 Å². The van der Waals surface area contributed by atoms with Gasteiger partial charge in [-0.05, 0) is 36.4 Å². The lowest BCUT2D eigenvalue weighted by molar-refractivity contribution is -0.117. The van der Waals surface area contributed by atoms with Crippen molar-refractivity contribution in [2.24, 2.45) is 5.73 Å². The Morgan fingerprint density at radius 2 is 2.04 bits per heavy atom. The normalized spacial score (nSPS) is 11.2. The maximum atomic E-state index is 13.3. The standard InChI is InChI=1S/C18H13FN4OS3/c1-9-13(6-14(20)24)26-18(23-9)27-17-15-12(7-25-16(15)21-8-22-17)10-2-4-11(19)5-3-10/h2-5,7-8H,6H2,1H3,(H2,20,24). The lowest BCUT2D eigenvalue weighted by Crippen LogP contribution is -2.13. The number of halogens is 1. The largest absolute Gasteiger partial charge is 0.369 e. The first kappa shape index (κ1) is 18.0. The fourth-order valence-corrected chi connectivity index (χ4v) is 5.86. The van der Waals surface area contributed by atoms with Gasteiger partial charge in [-0.1, -0.05) is 12.1 Å². The van der Waals surface area contributed by atoms with Crippen LogP contribution in [-0.2, 0) is 11.2 Å². The van der Waals surface area contributed by atoms with E-state index >= 15 is 0 Å². The number of thiazole rings is 1. The number of nitrogens with two attached hydrogens (primary N) is 1. The van der Waals surface area contributed by atoms with Crippen molar-refractivity contribution in [3.05, 3.63) is 52.4 Å². The SMILES string of the molecule is Cc1nc(Sc2ncnc3scc(-c4ccc(F)cc4)c23)sc1CC(N)=O. The van der Waals surface area contributed by atoms with Gasteiger partial charge in [-0.15, -0.1) is 22.7 Å². The van der Waals surface area contributed by atoms with Crippen LogP contribution in [0.5, 0.6) is 0 Å². The van der Waals surface area contributed by atoms with Gasteiger partial charge in [-0.25, -0.2) is 19.3 Å². The van der Waals surface area contributed by atoms with Crippen LogP contribution in [0, 0.1) is 12.7 Å². The minimum absolute atomic E-state index is 0.183. The molecule has 0 atom stereocenters. The summed E-state index contributed by atoms with van der Waals surface area (Å²) in [6.07, 6.45) is 1.71. The Balaban J connectivity index is 1.75. The van der Waals surface area contributed by atoms with Crippen molar-refractivity contribution in [3.8, 4) is 11.1 Å². The predicted molar refractivity (Wildman–Crippen MR) is 107 cm³/mol. The van der Waals surface area contributed by atoms with Crippen LogP contribution in [-0.4, -0.2) is 20.9 Å². The first-order chi connectivity index (χ1) is 13.0. The number of carbonyl (C=O) groups excluding carboxylic acids is 1. The second-order valence-electron chi connectivity index (χ2n) is 5.75. The van der Waals surface area contributed by atoms with Crippen molar-refractivity contribution in [2.75, 3.05) is 0 Å². The fraction of sp³-hybridized carbons (Fsp3) is 0.111. The van der Waals surface area contributed by atoms with Gasteiger partial charge in [0.1, 0.15) is 22.0 Å². The number of primary amides is 1. The zero-order chi connectivity index (χ0) is 19.0. The number of thiophene rings is 1. The monoisotopic (exact) mass is 416 g/mol. The highest BCUT2D eigenvalue weighted by molar-refractivity contribution is 8.01. The molecule has 0 aliphatic rings. The summed E-state index contributed by atoms with van der Waals surface area (Å²) in [5.41, 5.74) is 7.97. The van der Waals surface area contributed by atoms with E-state index in [4.69, 9.17) is 5.73 Å². The molecule has 4 aromatic rings. The zero-order valence-corrected chi connectivity index (χ0v) is 16.6. The summed E-state index contributed by atoms with van der Waals surface area (Å²) in [6, 6.07) is 6.37. The summed E-state index contributed by atoms with van der Waals surface area (Å²) < 4.78 is 14.1. The highest BCUT2D eigenvalue weighted by Gasteiger charge is 2.17. The van der Waals surface area contributed by atoms with Crippen molar-refractivity contribution in [1.82, 2.24) is 15.0 Å². The van der Waals surface area contributed by atoms with E-state index in [2.05, 4.69) is 15.0 Å². The number of hydrogen-bond acceptors (Lipinski definition) is 7. The van der Waals surface area contributed by atoms with Crippen molar-refractivity contribution in [1.29, 1.82) is 0 Å². The third kappa shape index (κ3) is 3.71. The van der Waals surface area contributed by atoms with E-state index in [1.807, 2.05) is 12.3 Å². The average molecular weight is 417 g/mol. The van der Waals surface area contributed by atoms with Crippen LogP contribution in [0.25, 0.3) is 21.3 Å². The average Bonchev–Trinajstić information content (AvgIpc) is 3.20. The van der Waals surface area contributed by atoms with Crippen LogP contribution in [0.2, 0.25) is 0 Å². The van der Waals surface area contributed by atoms with Gasteiger partial charge in [-0.2, -0.15) is 0 Å². The molecule has 1 amide bonds. The van der Waals surface area contributed by atoms with Crippen LogP contribution >= 0.6 is 34.4 Å². The molecule has 136 valence electrons. The second-order valence-corrected chi connectivity index (χ2v) is 8.93. The number of nitrogens with zero attached hydrogens (tertiary/aromatic N) is 3. The molecule has 3 heterocycles. The van der Waals surface area contributed by atoms with E-state index in [1.54, 1.807) is 12.1 Å². The van der Waals surface area contributed by atoms with Gasteiger partial charge >= 0.3 is 0 Å². The van der Waals surface area contributed by atoms with E-state index < -0.39 is 0 Å². The molecule has 1 aromatic carbocycles. The number of fused-ring (bicyclic) bond motifs is 1. The molecule has 9 heteroatoms. The number of benzene rings is 1. The summed E-state index contributed by atoms with van der Waals surface area (Å²) in [7, 11) is 0. The number of rotatable bonds is 5. The van der Waals surface area contributed by atoms with E-state index in [1.165, 1.54) is 52.9 Å². The third-order valence-electron chi connectivity index (χ3n) is 3.88. The lowest BCUT2D eigenvalue weighted by atomic mass is 10.1. The van der Waals surface area contributed by atoms with Crippen LogP contribution in [0.1, 0.15) is 10.6 Å². The van der Waals surface area contributed by atoms with Gasteiger partial charge in [-0.3, -0.25) is 4.79 Å². The smallest absolute Gasteiger partial charge is 0.222 e. The Bertz CT molecular complexity index is 1140.